The van der Waals surface area contributed by atoms with E-state index in [0.29, 0.717) is 6.54 Å². The first-order valence-electron chi connectivity index (χ1n) is 6.75. The van der Waals surface area contributed by atoms with Crippen LogP contribution in [0.5, 0.6) is 0 Å². The highest BCUT2D eigenvalue weighted by molar-refractivity contribution is 5.94. The Morgan fingerprint density at radius 1 is 1.40 bits per heavy atom. The quantitative estimate of drug-likeness (QED) is 0.901. The van der Waals surface area contributed by atoms with Gasteiger partial charge in [0.15, 0.2) is 0 Å². The van der Waals surface area contributed by atoms with Crippen molar-refractivity contribution < 1.29 is 9.18 Å². The van der Waals surface area contributed by atoms with E-state index in [1.165, 1.54) is 6.07 Å². The summed E-state index contributed by atoms with van der Waals surface area (Å²) < 4.78 is 13.6. The van der Waals surface area contributed by atoms with E-state index in [0.717, 1.165) is 31.5 Å². The van der Waals surface area contributed by atoms with E-state index in [1.807, 2.05) is 6.92 Å². The van der Waals surface area contributed by atoms with Crippen molar-refractivity contribution in [1.82, 2.24) is 10.6 Å². The zero-order valence-corrected chi connectivity index (χ0v) is 12.8. The molecule has 112 valence electrons. The number of amides is 1. The number of hydrogen-bond acceptors (Lipinski definition) is 2. The second-order valence-electron chi connectivity index (χ2n) is 5.73. The fraction of sp³-hybridized carbons (Fsp3) is 0.533. The molecule has 2 rings (SSSR count). The van der Waals surface area contributed by atoms with Gasteiger partial charge in [-0.15, -0.1) is 12.4 Å². The molecular weight excluding hydrogens is 279 g/mol. The summed E-state index contributed by atoms with van der Waals surface area (Å²) in [7, 11) is 0. The molecule has 3 nitrogen and oxygen atoms in total. The van der Waals surface area contributed by atoms with Crippen molar-refractivity contribution in [3.05, 3.63) is 35.1 Å². The van der Waals surface area contributed by atoms with E-state index in [1.54, 1.807) is 12.1 Å². The standard InChI is InChI=1S/C15H21FN2O.ClH/c1-11-3-4-13(16)12(9-11)14(19)18-10-15(2)5-7-17-8-6-15;/h3-4,9,17H,5-8,10H2,1-2H3,(H,18,19);1H. The highest BCUT2D eigenvalue weighted by atomic mass is 35.5. The van der Waals surface area contributed by atoms with Crippen LogP contribution in [-0.2, 0) is 0 Å². The minimum atomic E-state index is -0.460. The number of piperidine rings is 1. The number of rotatable bonds is 3. The predicted molar refractivity (Wildman–Crippen MR) is 80.9 cm³/mol. The molecule has 1 heterocycles. The van der Waals surface area contributed by atoms with Crippen LogP contribution in [0.1, 0.15) is 35.7 Å². The maximum atomic E-state index is 13.6. The molecule has 5 heteroatoms. The third kappa shape index (κ3) is 4.18. The van der Waals surface area contributed by atoms with E-state index in [2.05, 4.69) is 17.6 Å². The molecule has 1 aromatic carbocycles. The Bertz CT molecular complexity index is 473. The molecule has 1 aliphatic rings. The zero-order valence-electron chi connectivity index (χ0n) is 12.0. The summed E-state index contributed by atoms with van der Waals surface area (Å²) in [6, 6.07) is 4.60. The molecule has 1 aromatic rings. The highest BCUT2D eigenvalue weighted by Gasteiger charge is 2.27. The lowest BCUT2D eigenvalue weighted by atomic mass is 9.81. The van der Waals surface area contributed by atoms with Crippen LogP contribution in [0, 0.1) is 18.2 Å². The van der Waals surface area contributed by atoms with Gasteiger partial charge in [0.25, 0.3) is 5.91 Å². The van der Waals surface area contributed by atoms with Gasteiger partial charge in [-0.05, 0) is 50.4 Å². The second kappa shape index (κ2) is 7.04. The molecule has 1 saturated heterocycles. The van der Waals surface area contributed by atoms with E-state index in [-0.39, 0.29) is 29.3 Å². The minimum absolute atomic E-state index is 0. The van der Waals surface area contributed by atoms with E-state index < -0.39 is 5.82 Å². The van der Waals surface area contributed by atoms with Gasteiger partial charge in [0.05, 0.1) is 5.56 Å². The molecule has 0 aromatic heterocycles. The third-order valence-electron chi connectivity index (χ3n) is 3.85. The van der Waals surface area contributed by atoms with E-state index >= 15 is 0 Å². The van der Waals surface area contributed by atoms with Gasteiger partial charge in [0, 0.05) is 6.54 Å². The Hall–Kier alpha value is -1.13. The number of carbonyl (C=O) groups is 1. The number of carbonyl (C=O) groups excluding carboxylic acids is 1. The Balaban J connectivity index is 0.00000200. The fourth-order valence-corrected chi connectivity index (χ4v) is 2.41. The summed E-state index contributed by atoms with van der Waals surface area (Å²) in [5, 5.41) is 6.17. The van der Waals surface area contributed by atoms with Crippen molar-refractivity contribution >= 4 is 18.3 Å². The summed E-state index contributed by atoms with van der Waals surface area (Å²) in [5.41, 5.74) is 1.14. The van der Waals surface area contributed by atoms with Crippen molar-refractivity contribution in [3.8, 4) is 0 Å². The molecule has 0 bridgehead atoms. The number of hydrogen-bond donors (Lipinski definition) is 2. The first-order valence-corrected chi connectivity index (χ1v) is 6.75. The summed E-state index contributed by atoms with van der Waals surface area (Å²) in [5.74, 6) is -0.778. The Labute approximate surface area is 125 Å². The van der Waals surface area contributed by atoms with Crippen LogP contribution in [0.15, 0.2) is 18.2 Å². The van der Waals surface area contributed by atoms with Crippen molar-refractivity contribution in [1.29, 1.82) is 0 Å². The summed E-state index contributed by atoms with van der Waals surface area (Å²) >= 11 is 0. The largest absolute Gasteiger partial charge is 0.351 e. The lowest BCUT2D eigenvalue weighted by Gasteiger charge is -2.34. The maximum Gasteiger partial charge on any atom is 0.254 e. The van der Waals surface area contributed by atoms with Crippen LogP contribution in [0.4, 0.5) is 4.39 Å². The van der Waals surface area contributed by atoms with Crippen molar-refractivity contribution in [3.63, 3.8) is 0 Å². The average Bonchev–Trinajstić information content (AvgIpc) is 2.40. The van der Waals surface area contributed by atoms with Gasteiger partial charge >= 0.3 is 0 Å². The van der Waals surface area contributed by atoms with Crippen molar-refractivity contribution in [2.75, 3.05) is 19.6 Å². The van der Waals surface area contributed by atoms with Crippen LogP contribution < -0.4 is 10.6 Å². The van der Waals surface area contributed by atoms with Crippen LogP contribution in [0.25, 0.3) is 0 Å². The van der Waals surface area contributed by atoms with Gasteiger partial charge in [-0.3, -0.25) is 4.79 Å². The van der Waals surface area contributed by atoms with Gasteiger partial charge in [-0.25, -0.2) is 4.39 Å². The molecule has 0 atom stereocenters. The maximum absolute atomic E-state index is 13.6. The van der Waals surface area contributed by atoms with Crippen LogP contribution in [0.2, 0.25) is 0 Å². The Kier molecular flexibility index (Phi) is 5.96. The van der Waals surface area contributed by atoms with Gasteiger partial charge in [0.1, 0.15) is 5.82 Å². The average molecular weight is 301 g/mol. The highest BCUT2D eigenvalue weighted by Crippen LogP contribution is 2.26. The van der Waals surface area contributed by atoms with Gasteiger partial charge in [-0.1, -0.05) is 18.6 Å². The fourth-order valence-electron chi connectivity index (χ4n) is 2.41. The van der Waals surface area contributed by atoms with Crippen LogP contribution >= 0.6 is 12.4 Å². The van der Waals surface area contributed by atoms with Crippen LogP contribution in [0.3, 0.4) is 0 Å². The molecule has 0 radical (unpaired) electrons. The number of benzene rings is 1. The lowest BCUT2D eigenvalue weighted by Crippen LogP contribution is -2.43. The number of aryl methyl sites for hydroxylation is 1. The topological polar surface area (TPSA) is 41.1 Å². The Morgan fingerprint density at radius 2 is 2.05 bits per heavy atom. The zero-order chi connectivity index (χ0) is 13.9. The first-order chi connectivity index (χ1) is 9.00. The molecule has 1 amide bonds. The van der Waals surface area contributed by atoms with Gasteiger partial charge < -0.3 is 10.6 Å². The van der Waals surface area contributed by atoms with E-state index in [9.17, 15) is 9.18 Å². The molecule has 0 unspecified atom stereocenters. The summed E-state index contributed by atoms with van der Waals surface area (Å²) in [6.45, 7) is 6.57. The molecular formula is C15H22ClFN2O. The van der Waals surface area contributed by atoms with Gasteiger partial charge in [0.2, 0.25) is 0 Å². The van der Waals surface area contributed by atoms with Crippen molar-refractivity contribution in [2.24, 2.45) is 5.41 Å². The van der Waals surface area contributed by atoms with Crippen LogP contribution in [-0.4, -0.2) is 25.5 Å². The molecule has 0 spiro atoms. The minimum Gasteiger partial charge on any atom is -0.351 e. The SMILES string of the molecule is Cc1ccc(F)c(C(=O)NCC2(C)CCNCC2)c1.Cl. The molecule has 1 fully saturated rings. The Morgan fingerprint density at radius 3 is 2.70 bits per heavy atom. The summed E-state index contributed by atoms with van der Waals surface area (Å²) in [6.07, 6.45) is 2.06. The molecule has 0 saturated carbocycles. The molecule has 0 aliphatic carbocycles. The van der Waals surface area contributed by atoms with E-state index in [4.69, 9.17) is 0 Å². The monoisotopic (exact) mass is 300 g/mol. The third-order valence-corrected chi connectivity index (χ3v) is 3.85. The number of nitrogens with one attached hydrogen (secondary N) is 2. The molecule has 2 N–H and O–H groups in total. The predicted octanol–water partition coefficient (Wildman–Crippen LogP) is 2.68. The summed E-state index contributed by atoms with van der Waals surface area (Å²) in [4.78, 5) is 12.0. The molecule has 1 aliphatic heterocycles. The molecule has 20 heavy (non-hydrogen) atoms. The number of halogens is 2. The lowest BCUT2D eigenvalue weighted by molar-refractivity contribution is 0.0918. The van der Waals surface area contributed by atoms with Crippen molar-refractivity contribution in [2.45, 2.75) is 26.7 Å². The second-order valence-corrected chi connectivity index (χ2v) is 5.73. The van der Waals surface area contributed by atoms with Gasteiger partial charge in [-0.2, -0.15) is 0 Å². The smallest absolute Gasteiger partial charge is 0.254 e. The normalized spacial score (nSPS) is 17.1. The first kappa shape index (κ1) is 16.9.